The second-order valence-corrected chi connectivity index (χ2v) is 4.36. The van der Waals surface area contributed by atoms with E-state index in [2.05, 4.69) is 6.92 Å². The van der Waals surface area contributed by atoms with Gasteiger partial charge in [0.15, 0.2) is 0 Å². The number of nitrogens with two attached hydrogens (primary N) is 1. The van der Waals surface area contributed by atoms with Gasteiger partial charge in [0.05, 0.1) is 5.60 Å². The van der Waals surface area contributed by atoms with Crippen molar-refractivity contribution in [2.75, 3.05) is 6.54 Å². The molecule has 0 aliphatic carbocycles. The van der Waals surface area contributed by atoms with Crippen LogP contribution in [0.15, 0.2) is 30.3 Å². The van der Waals surface area contributed by atoms with Gasteiger partial charge >= 0.3 is 0 Å². The Hall–Kier alpha value is -0.860. The maximum Gasteiger partial charge on any atom is 0.0699 e. The summed E-state index contributed by atoms with van der Waals surface area (Å²) in [5.74, 6) is 0.165. The maximum absolute atomic E-state index is 10.3. The lowest BCUT2D eigenvalue weighted by Gasteiger charge is -2.31. The van der Waals surface area contributed by atoms with Crippen LogP contribution in [0.1, 0.15) is 25.8 Å². The van der Waals surface area contributed by atoms with E-state index in [9.17, 15) is 5.11 Å². The SMILES string of the molecule is CCC(CN)C(C)(O)Cc1ccccc1. The Bertz CT molecular complexity index is 278. The molecule has 0 aliphatic rings. The zero-order valence-electron chi connectivity index (χ0n) is 9.61. The summed E-state index contributed by atoms with van der Waals surface area (Å²) in [4.78, 5) is 0. The molecule has 0 saturated carbocycles. The number of rotatable bonds is 5. The van der Waals surface area contributed by atoms with Gasteiger partial charge < -0.3 is 10.8 Å². The van der Waals surface area contributed by atoms with E-state index in [0.29, 0.717) is 13.0 Å². The molecule has 1 rings (SSSR count). The van der Waals surface area contributed by atoms with E-state index in [4.69, 9.17) is 5.73 Å². The van der Waals surface area contributed by atoms with Crippen LogP contribution in [0.25, 0.3) is 0 Å². The highest BCUT2D eigenvalue weighted by molar-refractivity contribution is 5.17. The molecule has 2 heteroatoms. The standard InChI is InChI=1S/C13H21NO/c1-3-12(10-14)13(2,15)9-11-7-5-4-6-8-11/h4-8,12,15H,3,9-10,14H2,1-2H3. The Morgan fingerprint density at radius 3 is 2.40 bits per heavy atom. The zero-order valence-corrected chi connectivity index (χ0v) is 9.61. The molecule has 1 aromatic carbocycles. The summed E-state index contributed by atoms with van der Waals surface area (Å²) >= 11 is 0. The second-order valence-electron chi connectivity index (χ2n) is 4.36. The fourth-order valence-electron chi connectivity index (χ4n) is 2.01. The van der Waals surface area contributed by atoms with Gasteiger partial charge in [-0.15, -0.1) is 0 Å². The van der Waals surface area contributed by atoms with Gasteiger partial charge in [-0.05, 0) is 31.4 Å². The summed E-state index contributed by atoms with van der Waals surface area (Å²) in [5, 5.41) is 10.3. The summed E-state index contributed by atoms with van der Waals surface area (Å²) in [6.45, 7) is 4.48. The molecule has 84 valence electrons. The molecule has 0 spiro atoms. The Morgan fingerprint density at radius 2 is 1.93 bits per heavy atom. The van der Waals surface area contributed by atoms with Crippen molar-refractivity contribution in [1.29, 1.82) is 0 Å². The van der Waals surface area contributed by atoms with Crippen LogP contribution in [-0.2, 0) is 6.42 Å². The molecular formula is C13H21NO. The lowest BCUT2D eigenvalue weighted by molar-refractivity contribution is 0.00123. The number of hydrogen-bond acceptors (Lipinski definition) is 2. The normalized spacial score (nSPS) is 17.1. The van der Waals surface area contributed by atoms with E-state index in [1.807, 2.05) is 37.3 Å². The van der Waals surface area contributed by atoms with Gasteiger partial charge in [-0.2, -0.15) is 0 Å². The molecule has 0 fully saturated rings. The topological polar surface area (TPSA) is 46.2 Å². The molecule has 0 amide bonds. The van der Waals surface area contributed by atoms with Gasteiger partial charge in [-0.25, -0.2) is 0 Å². The molecular weight excluding hydrogens is 186 g/mol. The lowest BCUT2D eigenvalue weighted by Crippen LogP contribution is -2.40. The highest BCUT2D eigenvalue weighted by Gasteiger charge is 2.29. The van der Waals surface area contributed by atoms with Crippen molar-refractivity contribution < 1.29 is 5.11 Å². The monoisotopic (exact) mass is 207 g/mol. The van der Waals surface area contributed by atoms with E-state index in [1.54, 1.807) is 0 Å². The summed E-state index contributed by atoms with van der Waals surface area (Å²) in [7, 11) is 0. The molecule has 2 nitrogen and oxygen atoms in total. The molecule has 0 aromatic heterocycles. The first-order valence-corrected chi connectivity index (χ1v) is 5.56. The molecule has 0 heterocycles. The van der Waals surface area contributed by atoms with Crippen LogP contribution in [-0.4, -0.2) is 17.3 Å². The quantitative estimate of drug-likeness (QED) is 0.775. The van der Waals surface area contributed by atoms with E-state index in [-0.39, 0.29) is 5.92 Å². The minimum Gasteiger partial charge on any atom is -0.389 e. The van der Waals surface area contributed by atoms with Crippen LogP contribution < -0.4 is 5.73 Å². The molecule has 2 unspecified atom stereocenters. The van der Waals surface area contributed by atoms with Gasteiger partial charge in [0.2, 0.25) is 0 Å². The third-order valence-corrected chi connectivity index (χ3v) is 3.06. The van der Waals surface area contributed by atoms with Crippen molar-refractivity contribution in [3.05, 3.63) is 35.9 Å². The molecule has 2 atom stereocenters. The van der Waals surface area contributed by atoms with E-state index in [1.165, 1.54) is 0 Å². The second kappa shape index (κ2) is 5.29. The Balaban J connectivity index is 2.71. The van der Waals surface area contributed by atoms with Gasteiger partial charge in [0.25, 0.3) is 0 Å². The number of benzene rings is 1. The molecule has 0 bridgehead atoms. The van der Waals surface area contributed by atoms with Crippen LogP contribution in [0.5, 0.6) is 0 Å². The first-order valence-electron chi connectivity index (χ1n) is 5.56. The highest BCUT2D eigenvalue weighted by Crippen LogP contribution is 2.24. The van der Waals surface area contributed by atoms with Crippen LogP contribution >= 0.6 is 0 Å². The van der Waals surface area contributed by atoms with E-state index >= 15 is 0 Å². The van der Waals surface area contributed by atoms with Crippen molar-refractivity contribution in [2.24, 2.45) is 11.7 Å². The average molecular weight is 207 g/mol. The summed E-state index contributed by atoms with van der Waals surface area (Å²) in [6.07, 6.45) is 1.58. The highest BCUT2D eigenvalue weighted by atomic mass is 16.3. The molecule has 15 heavy (non-hydrogen) atoms. The molecule has 0 saturated heterocycles. The van der Waals surface area contributed by atoms with E-state index in [0.717, 1.165) is 12.0 Å². The summed E-state index contributed by atoms with van der Waals surface area (Å²) < 4.78 is 0. The van der Waals surface area contributed by atoms with Gasteiger partial charge in [-0.1, -0.05) is 37.3 Å². The van der Waals surface area contributed by atoms with Crippen LogP contribution in [0.3, 0.4) is 0 Å². The molecule has 0 radical (unpaired) electrons. The number of hydrogen-bond donors (Lipinski definition) is 2. The van der Waals surface area contributed by atoms with Crippen molar-refractivity contribution >= 4 is 0 Å². The largest absolute Gasteiger partial charge is 0.389 e. The molecule has 1 aromatic rings. The molecule has 0 aliphatic heterocycles. The first-order chi connectivity index (χ1) is 7.10. The van der Waals surface area contributed by atoms with Crippen LogP contribution in [0, 0.1) is 5.92 Å². The predicted octanol–water partition coefficient (Wildman–Crippen LogP) is 1.96. The van der Waals surface area contributed by atoms with Crippen molar-refractivity contribution in [1.82, 2.24) is 0 Å². The lowest BCUT2D eigenvalue weighted by atomic mass is 9.82. The van der Waals surface area contributed by atoms with Gasteiger partial charge in [0, 0.05) is 6.42 Å². The minimum atomic E-state index is -0.704. The third kappa shape index (κ3) is 3.33. The Kier molecular flexibility index (Phi) is 4.30. The fraction of sp³-hybridized carbons (Fsp3) is 0.538. The van der Waals surface area contributed by atoms with Gasteiger partial charge in [-0.3, -0.25) is 0 Å². The zero-order chi connectivity index (χ0) is 11.3. The summed E-state index contributed by atoms with van der Waals surface area (Å²) in [6, 6.07) is 10.1. The summed E-state index contributed by atoms with van der Waals surface area (Å²) in [5.41, 5.74) is 6.12. The average Bonchev–Trinajstić information content (AvgIpc) is 2.19. The number of aliphatic hydroxyl groups is 1. The maximum atomic E-state index is 10.3. The molecule has 3 N–H and O–H groups in total. The Morgan fingerprint density at radius 1 is 1.33 bits per heavy atom. The van der Waals surface area contributed by atoms with Crippen LogP contribution in [0.2, 0.25) is 0 Å². The van der Waals surface area contributed by atoms with Crippen molar-refractivity contribution in [2.45, 2.75) is 32.3 Å². The van der Waals surface area contributed by atoms with Crippen LogP contribution in [0.4, 0.5) is 0 Å². The van der Waals surface area contributed by atoms with Crippen molar-refractivity contribution in [3.8, 4) is 0 Å². The van der Waals surface area contributed by atoms with Crippen molar-refractivity contribution in [3.63, 3.8) is 0 Å². The van der Waals surface area contributed by atoms with E-state index < -0.39 is 5.60 Å². The predicted molar refractivity (Wildman–Crippen MR) is 63.6 cm³/mol. The fourth-order valence-corrected chi connectivity index (χ4v) is 2.01. The van der Waals surface area contributed by atoms with Gasteiger partial charge in [0.1, 0.15) is 0 Å². The Labute approximate surface area is 92.1 Å². The smallest absolute Gasteiger partial charge is 0.0699 e. The first kappa shape index (κ1) is 12.2. The minimum absolute atomic E-state index is 0.165. The third-order valence-electron chi connectivity index (χ3n) is 3.06.